The van der Waals surface area contributed by atoms with Gasteiger partial charge in [0.1, 0.15) is 5.60 Å². The third kappa shape index (κ3) is 4.06. The van der Waals surface area contributed by atoms with Gasteiger partial charge in [-0.3, -0.25) is 4.79 Å². The van der Waals surface area contributed by atoms with Gasteiger partial charge in [-0.1, -0.05) is 29.8 Å². The van der Waals surface area contributed by atoms with E-state index in [2.05, 4.69) is 5.32 Å². The highest BCUT2D eigenvalue weighted by Gasteiger charge is 2.32. The molecule has 1 aromatic carbocycles. The molecule has 2 N–H and O–H groups in total. The second-order valence-corrected chi connectivity index (χ2v) is 5.01. The molecule has 1 amide bonds. The Balaban J connectivity index is 1.86. The van der Waals surface area contributed by atoms with Crippen molar-refractivity contribution in [2.24, 2.45) is 0 Å². The van der Waals surface area contributed by atoms with Gasteiger partial charge >= 0.3 is 0 Å². The maximum atomic E-state index is 11.6. The van der Waals surface area contributed by atoms with Crippen LogP contribution in [0.15, 0.2) is 30.3 Å². The quantitative estimate of drug-likeness (QED) is 0.825. The number of carbonyl (C=O) groups is 1. The largest absolute Gasteiger partial charge is 0.386 e. The van der Waals surface area contributed by atoms with E-state index in [-0.39, 0.29) is 19.1 Å². The van der Waals surface area contributed by atoms with Crippen LogP contribution in [0.1, 0.15) is 12.0 Å². The van der Waals surface area contributed by atoms with Crippen molar-refractivity contribution in [3.05, 3.63) is 40.9 Å². The van der Waals surface area contributed by atoms with Crippen LogP contribution in [0.3, 0.4) is 0 Å². The molecule has 1 unspecified atom stereocenters. The Kier molecular flexibility index (Phi) is 4.58. The van der Waals surface area contributed by atoms with Gasteiger partial charge in [-0.25, -0.2) is 0 Å². The minimum absolute atomic E-state index is 0.193. The molecule has 0 spiro atoms. The lowest BCUT2D eigenvalue weighted by atomic mass is 10.0. The molecule has 0 radical (unpaired) electrons. The molecule has 1 aromatic rings. The highest BCUT2D eigenvalue weighted by Crippen LogP contribution is 2.17. The summed E-state index contributed by atoms with van der Waals surface area (Å²) in [5.74, 6) is -0.264. The highest BCUT2D eigenvalue weighted by molar-refractivity contribution is 6.32. The molecule has 19 heavy (non-hydrogen) atoms. The van der Waals surface area contributed by atoms with E-state index in [0.29, 0.717) is 18.1 Å². The van der Waals surface area contributed by atoms with Crippen molar-refractivity contribution < 1.29 is 14.6 Å². The SMILES string of the molecule is O=C(C=Cc1ccccc1Cl)NCC1(O)CCOC1. The van der Waals surface area contributed by atoms with Gasteiger partial charge in [-0.15, -0.1) is 0 Å². The molecule has 1 heterocycles. The summed E-state index contributed by atoms with van der Waals surface area (Å²) in [5, 5.41) is 13.2. The molecular weight excluding hydrogens is 266 g/mol. The van der Waals surface area contributed by atoms with Gasteiger partial charge in [-0.2, -0.15) is 0 Å². The minimum atomic E-state index is -0.937. The Hall–Kier alpha value is -1.36. The molecule has 1 aliphatic heterocycles. The number of aliphatic hydroxyl groups is 1. The second kappa shape index (κ2) is 6.19. The number of benzene rings is 1. The van der Waals surface area contributed by atoms with Crippen LogP contribution in [0, 0.1) is 0 Å². The number of ether oxygens (including phenoxy) is 1. The molecule has 1 saturated heterocycles. The summed E-state index contributed by atoms with van der Waals surface area (Å²) in [6.07, 6.45) is 3.59. The Bertz CT molecular complexity index is 481. The van der Waals surface area contributed by atoms with Crippen LogP contribution in [-0.2, 0) is 9.53 Å². The number of nitrogens with one attached hydrogen (secondary N) is 1. The first-order valence-electron chi connectivity index (χ1n) is 6.10. The molecule has 0 saturated carbocycles. The van der Waals surface area contributed by atoms with E-state index in [0.717, 1.165) is 5.56 Å². The number of rotatable bonds is 4. The van der Waals surface area contributed by atoms with Gasteiger partial charge in [0.15, 0.2) is 0 Å². The van der Waals surface area contributed by atoms with Crippen LogP contribution in [0.25, 0.3) is 6.08 Å². The third-order valence-corrected chi connectivity index (χ3v) is 3.34. The zero-order valence-corrected chi connectivity index (χ0v) is 11.2. The number of halogens is 1. The van der Waals surface area contributed by atoms with E-state index in [1.807, 2.05) is 18.2 Å². The van der Waals surface area contributed by atoms with Gasteiger partial charge in [0.05, 0.1) is 6.61 Å². The highest BCUT2D eigenvalue weighted by atomic mass is 35.5. The topological polar surface area (TPSA) is 58.6 Å². The third-order valence-electron chi connectivity index (χ3n) is 2.99. The first-order valence-corrected chi connectivity index (χ1v) is 6.47. The number of carbonyl (C=O) groups excluding carboxylic acids is 1. The Morgan fingerprint density at radius 3 is 3.00 bits per heavy atom. The Morgan fingerprint density at radius 2 is 2.32 bits per heavy atom. The molecule has 1 fully saturated rings. The minimum Gasteiger partial charge on any atom is -0.386 e. The van der Waals surface area contributed by atoms with Crippen molar-refractivity contribution in [1.82, 2.24) is 5.32 Å². The lowest BCUT2D eigenvalue weighted by Crippen LogP contribution is -2.42. The van der Waals surface area contributed by atoms with Gasteiger partial charge in [0.2, 0.25) is 5.91 Å². The molecule has 4 nitrogen and oxygen atoms in total. The standard InChI is InChI=1S/C14H16ClNO3/c15-12-4-2-1-3-11(12)5-6-13(17)16-9-14(18)7-8-19-10-14/h1-6,18H,7-10H2,(H,16,17). The molecule has 2 rings (SSSR count). The van der Waals surface area contributed by atoms with E-state index in [1.165, 1.54) is 6.08 Å². The number of amides is 1. The van der Waals surface area contributed by atoms with Crippen molar-refractivity contribution in [3.63, 3.8) is 0 Å². The van der Waals surface area contributed by atoms with E-state index < -0.39 is 5.60 Å². The first kappa shape index (κ1) is 14.1. The summed E-state index contributed by atoms with van der Waals surface area (Å²) in [7, 11) is 0. The molecule has 1 atom stereocenters. The van der Waals surface area contributed by atoms with Gasteiger partial charge < -0.3 is 15.2 Å². The Labute approximate surface area is 117 Å². The van der Waals surface area contributed by atoms with Crippen molar-refractivity contribution in [3.8, 4) is 0 Å². The normalized spacial score (nSPS) is 22.8. The fourth-order valence-corrected chi connectivity index (χ4v) is 2.02. The molecule has 1 aliphatic rings. The predicted octanol–water partition coefficient (Wildman–Crippen LogP) is 1.62. The summed E-state index contributed by atoms with van der Waals surface area (Å²) in [6, 6.07) is 7.26. The monoisotopic (exact) mass is 281 g/mol. The van der Waals surface area contributed by atoms with E-state index in [9.17, 15) is 9.90 Å². The van der Waals surface area contributed by atoms with Crippen LogP contribution in [0.4, 0.5) is 0 Å². The molecule has 102 valence electrons. The maximum Gasteiger partial charge on any atom is 0.244 e. The summed E-state index contributed by atoms with van der Waals surface area (Å²) in [6.45, 7) is 0.988. The van der Waals surface area contributed by atoms with E-state index in [1.54, 1.807) is 12.1 Å². The van der Waals surface area contributed by atoms with Crippen LogP contribution in [0.2, 0.25) is 5.02 Å². The smallest absolute Gasteiger partial charge is 0.244 e. The average molecular weight is 282 g/mol. The summed E-state index contributed by atoms with van der Waals surface area (Å²) in [5.41, 5.74) is -0.157. The molecule has 0 aromatic heterocycles. The zero-order chi connectivity index (χ0) is 13.7. The fourth-order valence-electron chi connectivity index (χ4n) is 1.82. The lowest BCUT2D eigenvalue weighted by molar-refractivity contribution is -0.117. The van der Waals surface area contributed by atoms with Crippen LogP contribution in [-0.4, -0.2) is 36.4 Å². The second-order valence-electron chi connectivity index (χ2n) is 4.60. The van der Waals surface area contributed by atoms with Crippen molar-refractivity contribution >= 4 is 23.6 Å². The molecular formula is C14H16ClNO3. The summed E-state index contributed by atoms with van der Waals surface area (Å²) >= 11 is 5.97. The van der Waals surface area contributed by atoms with Crippen LogP contribution >= 0.6 is 11.6 Å². The summed E-state index contributed by atoms with van der Waals surface area (Å²) < 4.78 is 5.10. The van der Waals surface area contributed by atoms with Crippen molar-refractivity contribution in [2.75, 3.05) is 19.8 Å². The van der Waals surface area contributed by atoms with E-state index in [4.69, 9.17) is 16.3 Å². The number of hydrogen-bond donors (Lipinski definition) is 2. The van der Waals surface area contributed by atoms with Crippen LogP contribution < -0.4 is 5.32 Å². The fraction of sp³-hybridized carbons (Fsp3) is 0.357. The van der Waals surface area contributed by atoms with Crippen molar-refractivity contribution in [1.29, 1.82) is 0 Å². The van der Waals surface area contributed by atoms with Gasteiger partial charge in [0, 0.05) is 30.7 Å². The zero-order valence-electron chi connectivity index (χ0n) is 10.4. The van der Waals surface area contributed by atoms with Crippen molar-refractivity contribution in [2.45, 2.75) is 12.0 Å². The van der Waals surface area contributed by atoms with Crippen LogP contribution in [0.5, 0.6) is 0 Å². The first-order chi connectivity index (χ1) is 9.09. The maximum absolute atomic E-state index is 11.6. The van der Waals surface area contributed by atoms with Gasteiger partial charge in [-0.05, 0) is 17.7 Å². The molecule has 0 bridgehead atoms. The summed E-state index contributed by atoms with van der Waals surface area (Å²) in [4.78, 5) is 11.6. The Morgan fingerprint density at radius 1 is 1.53 bits per heavy atom. The van der Waals surface area contributed by atoms with E-state index >= 15 is 0 Å². The predicted molar refractivity (Wildman–Crippen MR) is 73.9 cm³/mol. The number of hydrogen-bond acceptors (Lipinski definition) is 3. The average Bonchev–Trinajstić information content (AvgIpc) is 2.83. The molecule has 5 heteroatoms. The van der Waals surface area contributed by atoms with Gasteiger partial charge in [0.25, 0.3) is 0 Å². The molecule has 0 aliphatic carbocycles. The lowest BCUT2D eigenvalue weighted by Gasteiger charge is -2.19.